The predicted molar refractivity (Wildman–Crippen MR) is 418 cm³/mol. The van der Waals surface area contributed by atoms with Crippen molar-refractivity contribution in [2.45, 2.75) is 367 Å². The smallest absolute Gasteiger partial charge is 0.462 e. The van der Waals surface area contributed by atoms with Crippen LogP contribution in [0.2, 0.25) is 0 Å². The van der Waals surface area contributed by atoms with Crippen LogP contribution >= 0.6 is 15.6 Å². The third-order valence-electron chi connectivity index (χ3n) is 17.0. The summed E-state index contributed by atoms with van der Waals surface area (Å²) in [5.74, 6) is -2.21. The quantitative estimate of drug-likeness (QED) is 0.0169. The largest absolute Gasteiger partial charge is 0.472 e. The Hall–Kier alpha value is -4.02. The van der Waals surface area contributed by atoms with Crippen molar-refractivity contribution in [2.24, 2.45) is 0 Å². The van der Waals surface area contributed by atoms with Gasteiger partial charge in [0.25, 0.3) is 0 Å². The van der Waals surface area contributed by atoms with Crippen LogP contribution in [0.25, 0.3) is 0 Å². The van der Waals surface area contributed by atoms with Crippen molar-refractivity contribution in [1.82, 2.24) is 0 Å². The molecule has 19 heteroatoms. The molecule has 5 unspecified atom stereocenters. The number of hydrogen-bond donors (Lipinski definition) is 3. The van der Waals surface area contributed by atoms with Crippen LogP contribution in [-0.4, -0.2) is 96.7 Å². The van der Waals surface area contributed by atoms with Gasteiger partial charge in [-0.2, -0.15) is 0 Å². The number of esters is 4. The lowest BCUT2D eigenvalue weighted by Gasteiger charge is -2.21. The number of aliphatic hydroxyl groups is 1. The minimum Gasteiger partial charge on any atom is -0.462 e. The normalized spacial score (nSPS) is 14.4. The maximum Gasteiger partial charge on any atom is 0.472 e. The Labute approximate surface area is 620 Å². The molecule has 0 aliphatic carbocycles. The number of unbranched alkanes of at least 4 members (excludes halogenated alkanes) is 34. The summed E-state index contributed by atoms with van der Waals surface area (Å²) >= 11 is 0. The number of phosphoric acid groups is 2. The van der Waals surface area contributed by atoms with Crippen LogP contribution in [0, 0.1) is 0 Å². The maximum absolute atomic E-state index is 13.1. The Morgan fingerprint density at radius 2 is 0.510 bits per heavy atom. The van der Waals surface area contributed by atoms with Crippen molar-refractivity contribution in [3.05, 3.63) is 97.2 Å². The Morgan fingerprint density at radius 1 is 0.284 bits per heavy atom. The van der Waals surface area contributed by atoms with Gasteiger partial charge in [-0.05, 0) is 128 Å². The first kappa shape index (κ1) is 98.0. The van der Waals surface area contributed by atoms with Crippen LogP contribution in [-0.2, 0) is 65.4 Å². The van der Waals surface area contributed by atoms with Crippen LogP contribution in [0.3, 0.4) is 0 Å². The number of aliphatic hydroxyl groups excluding tert-OH is 1. The summed E-state index contributed by atoms with van der Waals surface area (Å²) < 4.78 is 68.6. The molecule has 590 valence electrons. The molecule has 102 heavy (non-hydrogen) atoms. The van der Waals surface area contributed by atoms with Gasteiger partial charge in [-0.15, -0.1) is 0 Å². The molecule has 17 nitrogen and oxygen atoms in total. The summed E-state index contributed by atoms with van der Waals surface area (Å²) in [6.07, 6.45) is 79.5. The van der Waals surface area contributed by atoms with E-state index < -0.39 is 97.5 Å². The van der Waals surface area contributed by atoms with Gasteiger partial charge in [0.1, 0.15) is 19.3 Å². The lowest BCUT2D eigenvalue weighted by atomic mass is 10.1. The standard InChI is InChI=1S/C83H146O17P2/c1-5-9-13-17-21-25-29-32-35-37-38-40-42-45-49-52-56-60-64-68-81(86)94-74-79(100-83(88)70-66-62-58-54-50-46-43-39-36-33-30-26-22-18-14-10-6-2)76-98-102(91,92)96-72-77(84)71-95-101(89,90)97-75-78(99-82(87)69-65-61-57-53-47-28-24-20-16-12-8-4)73-93-80(85)67-63-59-55-51-48-44-41-34-31-27-23-19-15-11-7-3/h10,14,21-22,25-26,32-36,38,40-41,43,46,77-79,84H,5-9,11-13,15-20,23-24,27-31,37,39,42,44-45,47-76H2,1-4H3,(H,89,90)(H,91,92)/b14-10-,25-21-,26-22-,35-32-,36-33-,40-38-,41-34-,46-43-. The Morgan fingerprint density at radius 3 is 0.814 bits per heavy atom. The molecule has 0 aromatic carbocycles. The third kappa shape index (κ3) is 74.3. The second kappa shape index (κ2) is 75.2. The molecule has 0 aliphatic rings. The maximum atomic E-state index is 13.1. The average Bonchev–Trinajstić information content (AvgIpc) is 0.927. The summed E-state index contributed by atoms with van der Waals surface area (Å²) in [5, 5.41) is 10.6. The highest BCUT2D eigenvalue weighted by Gasteiger charge is 2.30. The molecule has 0 bridgehead atoms. The van der Waals surface area contributed by atoms with Gasteiger partial charge in [0, 0.05) is 25.7 Å². The summed E-state index contributed by atoms with van der Waals surface area (Å²) in [4.78, 5) is 73.0. The molecular formula is C83H146O17P2. The summed E-state index contributed by atoms with van der Waals surface area (Å²) in [7, 11) is -9.96. The van der Waals surface area contributed by atoms with Crippen molar-refractivity contribution in [3.8, 4) is 0 Å². The van der Waals surface area contributed by atoms with E-state index in [-0.39, 0.29) is 25.7 Å². The van der Waals surface area contributed by atoms with E-state index >= 15 is 0 Å². The Kier molecular flexibility index (Phi) is 72.3. The van der Waals surface area contributed by atoms with E-state index in [1.54, 1.807) is 0 Å². The first-order valence-electron chi connectivity index (χ1n) is 40.5. The van der Waals surface area contributed by atoms with Gasteiger partial charge in [-0.3, -0.25) is 37.3 Å². The fourth-order valence-electron chi connectivity index (χ4n) is 10.9. The minimum absolute atomic E-state index is 0.0638. The zero-order valence-corrected chi connectivity index (χ0v) is 66.3. The van der Waals surface area contributed by atoms with Crippen LogP contribution in [0.4, 0.5) is 0 Å². The fraction of sp³-hybridized carbons (Fsp3) is 0.759. The van der Waals surface area contributed by atoms with Crippen LogP contribution in [0.5, 0.6) is 0 Å². The van der Waals surface area contributed by atoms with E-state index in [1.165, 1.54) is 96.3 Å². The molecule has 0 amide bonds. The van der Waals surface area contributed by atoms with E-state index in [4.69, 9.17) is 37.0 Å². The van der Waals surface area contributed by atoms with E-state index in [1.807, 2.05) is 0 Å². The average molecular weight is 1480 g/mol. The van der Waals surface area contributed by atoms with Gasteiger partial charge in [-0.25, -0.2) is 9.13 Å². The summed E-state index contributed by atoms with van der Waals surface area (Å²) in [6.45, 7) is 4.71. The third-order valence-corrected chi connectivity index (χ3v) is 18.9. The van der Waals surface area contributed by atoms with E-state index in [0.29, 0.717) is 25.7 Å². The molecule has 0 saturated heterocycles. The van der Waals surface area contributed by atoms with Crippen molar-refractivity contribution in [2.75, 3.05) is 39.6 Å². The number of carbonyl (C=O) groups is 4. The van der Waals surface area contributed by atoms with Gasteiger partial charge in [0.15, 0.2) is 12.2 Å². The molecule has 0 heterocycles. The molecule has 0 aromatic heterocycles. The highest BCUT2D eigenvalue weighted by Crippen LogP contribution is 2.45. The first-order chi connectivity index (χ1) is 49.7. The zero-order chi connectivity index (χ0) is 74.6. The molecule has 0 rings (SSSR count). The van der Waals surface area contributed by atoms with Gasteiger partial charge in [0.05, 0.1) is 26.4 Å². The van der Waals surface area contributed by atoms with E-state index in [9.17, 15) is 43.2 Å². The number of ether oxygens (including phenoxy) is 4. The SMILES string of the molecule is CC/C=C\C/C=C\C/C=C\C/C=C\CCCCCCC(=O)OC(COC(=O)CCCCCCCC/C=C\C/C=C\C/C=C\CCCCC)COP(=O)(O)OCC(O)COP(=O)(O)OCC(COC(=O)CCCCCCC/C=C\CCCCCCCC)OC(=O)CCCCCCCCCCCCC. The van der Waals surface area contributed by atoms with Crippen LogP contribution < -0.4 is 0 Å². The lowest BCUT2D eigenvalue weighted by molar-refractivity contribution is -0.161. The zero-order valence-electron chi connectivity index (χ0n) is 64.5. The second-order valence-corrected chi connectivity index (χ2v) is 29.9. The number of carbonyl (C=O) groups excluding carboxylic acids is 4. The Bertz CT molecular complexity index is 2310. The minimum atomic E-state index is -4.99. The summed E-state index contributed by atoms with van der Waals surface area (Å²) in [6, 6.07) is 0. The monoisotopic (exact) mass is 1480 g/mol. The molecule has 0 spiro atoms. The molecule has 0 aliphatic heterocycles. The molecule has 3 N–H and O–H groups in total. The van der Waals surface area contributed by atoms with Crippen molar-refractivity contribution < 1.29 is 80.2 Å². The van der Waals surface area contributed by atoms with Gasteiger partial charge < -0.3 is 33.8 Å². The topological polar surface area (TPSA) is 237 Å². The van der Waals surface area contributed by atoms with Gasteiger partial charge >= 0.3 is 39.5 Å². The van der Waals surface area contributed by atoms with E-state index in [0.717, 1.165) is 173 Å². The molecule has 5 atom stereocenters. The lowest BCUT2D eigenvalue weighted by Crippen LogP contribution is -2.30. The van der Waals surface area contributed by atoms with E-state index in [2.05, 4.69) is 125 Å². The number of rotatable bonds is 76. The number of hydrogen-bond acceptors (Lipinski definition) is 15. The molecule has 0 fully saturated rings. The number of phosphoric ester groups is 2. The van der Waals surface area contributed by atoms with Crippen molar-refractivity contribution in [3.63, 3.8) is 0 Å². The van der Waals surface area contributed by atoms with Crippen LogP contribution in [0.15, 0.2) is 97.2 Å². The second-order valence-electron chi connectivity index (χ2n) is 27.0. The predicted octanol–water partition coefficient (Wildman–Crippen LogP) is 23.6. The fourth-order valence-corrected chi connectivity index (χ4v) is 12.4. The number of allylic oxidation sites excluding steroid dienone is 16. The van der Waals surface area contributed by atoms with Gasteiger partial charge in [0.2, 0.25) is 0 Å². The highest BCUT2D eigenvalue weighted by atomic mass is 31.2. The molecule has 0 aromatic rings. The molecular weight excluding hydrogens is 1330 g/mol. The summed E-state index contributed by atoms with van der Waals surface area (Å²) in [5.41, 5.74) is 0. The molecule has 0 radical (unpaired) electrons. The van der Waals surface area contributed by atoms with Crippen molar-refractivity contribution >= 4 is 39.5 Å². The molecule has 0 saturated carbocycles. The first-order valence-corrected chi connectivity index (χ1v) is 43.5. The van der Waals surface area contributed by atoms with Crippen LogP contribution in [0.1, 0.15) is 349 Å². The Balaban J connectivity index is 5.36. The highest BCUT2D eigenvalue weighted by molar-refractivity contribution is 7.47. The van der Waals surface area contributed by atoms with Gasteiger partial charge in [-0.1, -0.05) is 292 Å². The van der Waals surface area contributed by atoms with Crippen molar-refractivity contribution in [1.29, 1.82) is 0 Å².